The standard InChI is InChI=1S/C105H78N4/c1-103(2)91-34-19-16-31-83(91)86-56-53-80(64-94(86)103)107(82-55-58-90-98(66-82)109(76-29-14-9-15-30-76)96-62-60-88-85-33-18-21-36-93(85)105(5,6)102(88)100(90)96)79-49-43-70(44-50-79)68-37-39-71(40-38-68)73-25-22-26-74(63-73)72-45-51-78(52-46-72)106(77-47-41-69(42-48-77)67-23-10-7-11-24-67)81-54-57-89-97(65-81)108(75-27-12-8-13-28-75)95-61-59-87-84-32-17-20-35-92(84)104(3,4)101(87)99(89)95/h7-66H,1-6H3. The van der Waals surface area contributed by atoms with Gasteiger partial charge in [-0.3, -0.25) is 0 Å². The third kappa shape index (κ3) is 9.91. The van der Waals surface area contributed by atoms with Gasteiger partial charge in [-0.05, 0) is 227 Å². The van der Waals surface area contributed by atoms with Crippen molar-refractivity contribution >= 4 is 77.7 Å². The average molecular weight is 1400 g/mol. The summed E-state index contributed by atoms with van der Waals surface area (Å²) >= 11 is 0. The van der Waals surface area contributed by atoms with Gasteiger partial charge in [-0.1, -0.05) is 290 Å². The minimum absolute atomic E-state index is 0.175. The summed E-state index contributed by atoms with van der Waals surface area (Å²) in [7, 11) is 0. The van der Waals surface area contributed by atoms with Crippen molar-refractivity contribution in [2.75, 3.05) is 9.80 Å². The van der Waals surface area contributed by atoms with E-state index in [1.165, 1.54) is 133 Å². The molecule has 0 radical (unpaired) electrons. The third-order valence-electron chi connectivity index (χ3n) is 24.5. The number of anilines is 6. The van der Waals surface area contributed by atoms with Crippen molar-refractivity contribution in [1.29, 1.82) is 0 Å². The summed E-state index contributed by atoms with van der Waals surface area (Å²) in [4.78, 5) is 4.89. The zero-order chi connectivity index (χ0) is 73.0. The Labute approximate surface area is 637 Å². The first-order valence-electron chi connectivity index (χ1n) is 38.3. The lowest BCUT2D eigenvalue weighted by Gasteiger charge is -2.28. The Balaban J connectivity index is 0.618. The molecule has 518 valence electrons. The van der Waals surface area contributed by atoms with E-state index in [0.717, 1.165) is 67.8 Å². The smallest absolute Gasteiger partial charge is 0.0562 e. The molecule has 3 aliphatic carbocycles. The van der Waals surface area contributed by atoms with E-state index in [1.807, 2.05) is 0 Å². The van der Waals surface area contributed by atoms with Crippen LogP contribution in [0, 0.1) is 0 Å². The highest BCUT2D eigenvalue weighted by Gasteiger charge is 2.41. The van der Waals surface area contributed by atoms with Crippen LogP contribution in [0.2, 0.25) is 0 Å². The molecule has 0 unspecified atom stereocenters. The molecule has 0 N–H and O–H groups in total. The summed E-state index contributed by atoms with van der Waals surface area (Å²) in [6.07, 6.45) is 0. The fraction of sp³-hybridized carbons (Fsp3) is 0.0857. The van der Waals surface area contributed by atoms with Gasteiger partial charge >= 0.3 is 0 Å². The quantitative estimate of drug-likeness (QED) is 0.121. The van der Waals surface area contributed by atoms with Crippen LogP contribution in [0.4, 0.5) is 34.1 Å². The normalized spacial score (nSPS) is 13.8. The summed E-state index contributed by atoms with van der Waals surface area (Å²) in [6, 6.07) is 136. The molecular weight excluding hydrogens is 1320 g/mol. The SMILES string of the molecule is CC1(C)c2ccccc2-c2ccc(N(c3ccc(-c4ccc(-c5cccc(-c6ccc(N(c7ccc(-c8ccccc8)cc7)c7ccc8c9c%10c(ccc9n(-c9ccccc9)c8c7)-c7ccccc7C%10(C)C)cc6)c5)cc4)cc3)c3ccc4c5c6c(ccc5n(-c5ccccc5)c4c3)-c3ccccc3C6(C)C)cc21. The van der Waals surface area contributed by atoms with E-state index in [-0.39, 0.29) is 16.2 Å². The predicted octanol–water partition coefficient (Wildman–Crippen LogP) is 28.4. The largest absolute Gasteiger partial charge is 0.310 e. The molecule has 0 bridgehead atoms. The van der Waals surface area contributed by atoms with Crippen LogP contribution in [0.25, 0.3) is 133 Å². The molecule has 0 atom stereocenters. The van der Waals surface area contributed by atoms with Gasteiger partial charge < -0.3 is 18.9 Å². The Hall–Kier alpha value is -13.3. The number of aromatic nitrogens is 2. The maximum Gasteiger partial charge on any atom is 0.0562 e. The summed E-state index contributed by atoms with van der Waals surface area (Å²) in [5.41, 5.74) is 38.6. The van der Waals surface area contributed by atoms with Crippen LogP contribution in [0.5, 0.6) is 0 Å². The van der Waals surface area contributed by atoms with E-state index in [4.69, 9.17) is 0 Å². The Morgan fingerprint density at radius 2 is 0.505 bits per heavy atom. The van der Waals surface area contributed by atoms with Crippen molar-refractivity contribution < 1.29 is 0 Å². The van der Waals surface area contributed by atoms with Gasteiger partial charge in [0.25, 0.3) is 0 Å². The van der Waals surface area contributed by atoms with Crippen LogP contribution in [0.15, 0.2) is 364 Å². The van der Waals surface area contributed by atoms with E-state index in [1.54, 1.807) is 0 Å². The van der Waals surface area contributed by atoms with Crippen molar-refractivity contribution in [2.24, 2.45) is 0 Å². The molecule has 0 amide bonds. The predicted molar refractivity (Wildman–Crippen MR) is 459 cm³/mol. The highest BCUT2D eigenvalue weighted by molar-refractivity contribution is 6.17. The Kier molecular flexibility index (Phi) is 14.3. The maximum absolute atomic E-state index is 2.49. The minimum Gasteiger partial charge on any atom is -0.310 e. The number of nitrogens with zero attached hydrogens (tertiary/aromatic N) is 4. The second-order valence-electron chi connectivity index (χ2n) is 31.6. The zero-order valence-corrected chi connectivity index (χ0v) is 61.9. The van der Waals surface area contributed by atoms with E-state index in [2.05, 4.69) is 424 Å². The number of benzene rings is 16. The summed E-state index contributed by atoms with van der Waals surface area (Å²) in [5.74, 6) is 0. The van der Waals surface area contributed by atoms with Gasteiger partial charge in [0.05, 0.1) is 22.1 Å². The molecule has 109 heavy (non-hydrogen) atoms. The topological polar surface area (TPSA) is 16.3 Å². The van der Waals surface area contributed by atoms with Crippen molar-refractivity contribution in [2.45, 2.75) is 57.8 Å². The molecule has 21 rings (SSSR count). The van der Waals surface area contributed by atoms with Crippen LogP contribution in [-0.2, 0) is 16.2 Å². The molecule has 18 aromatic rings. The van der Waals surface area contributed by atoms with Gasteiger partial charge in [0, 0.05) is 83.3 Å². The lowest BCUT2D eigenvalue weighted by Crippen LogP contribution is -2.16. The van der Waals surface area contributed by atoms with Crippen molar-refractivity contribution in [3.8, 4) is 89.3 Å². The molecule has 4 nitrogen and oxygen atoms in total. The monoisotopic (exact) mass is 1390 g/mol. The van der Waals surface area contributed by atoms with Crippen molar-refractivity contribution in [3.05, 3.63) is 397 Å². The highest BCUT2D eigenvalue weighted by Crippen LogP contribution is 2.57. The average Bonchev–Trinajstić information content (AvgIpc) is 1.51. The molecule has 4 heteroatoms. The van der Waals surface area contributed by atoms with E-state index in [0.29, 0.717) is 0 Å². The summed E-state index contributed by atoms with van der Waals surface area (Å²) < 4.78 is 4.97. The molecule has 0 spiro atoms. The second kappa shape index (κ2) is 24.4. The highest BCUT2D eigenvalue weighted by atomic mass is 15.2. The van der Waals surface area contributed by atoms with Gasteiger partial charge in [0.15, 0.2) is 0 Å². The van der Waals surface area contributed by atoms with Crippen LogP contribution in [-0.4, -0.2) is 9.13 Å². The van der Waals surface area contributed by atoms with Gasteiger partial charge in [0.1, 0.15) is 0 Å². The number of hydrogen-bond donors (Lipinski definition) is 0. The Morgan fingerprint density at radius 1 is 0.202 bits per heavy atom. The molecule has 2 aromatic heterocycles. The molecular formula is C105H78N4. The van der Waals surface area contributed by atoms with Crippen LogP contribution in [0.3, 0.4) is 0 Å². The first kappa shape index (κ1) is 64.1. The summed E-state index contributed by atoms with van der Waals surface area (Å²) in [6.45, 7) is 14.4. The lowest BCUT2D eigenvalue weighted by atomic mass is 9.80. The molecule has 0 aliphatic heterocycles. The van der Waals surface area contributed by atoms with E-state index < -0.39 is 0 Å². The number of fused-ring (bicyclic) bond motifs is 17. The minimum atomic E-state index is -0.186. The molecule has 0 fully saturated rings. The first-order chi connectivity index (χ1) is 53.3. The molecule has 0 saturated heterocycles. The number of para-hydroxylation sites is 2. The van der Waals surface area contributed by atoms with Gasteiger partial charge in [-0.15, -0.1) is 0 Å². The van der Waals surface area contributed by atoms with Crippen LogP contribution >= 0.6 is 0 Å². The molecule has 2 heterocycles. The Bertz CT molecular complexity index is 6690. The lowest BCUT2D eigenvalue weighted by molar-refractivity contribution is 0.660. The van der Waals surface area contributed by atoms with Crippen LogP contribution < -0.4 is 9.80 Å². The number of rotatable bonds is 12. The summed E-state index contributed by atoms with van der Waals surface area (Å²) in [5, 5.41) is 5.14. The third-order valence-corrected chi connectivity index (χ3v) is 24.5. The maximum atomic E-state index is 2.49. The van der Waals surface area contributed by atoms with Crippen LogP contribution in [0.1, 0.15) is 74.9 Å². The van der Waals surface area contributed by atoms with E-state index >= 15 is 0 Å². The van der Waals surface area contributed by atoms with Gasteiger partial charge in [0.2, 0.25) is 0 Å². The molecule has 0 saturated carbocycles. The zero-order valence-electron chi connectivity index (χ0n) is 61.9. The Morgan fingerprint density at radius 3 is 0.945 bits per heavy atom. The van der Waals surface area contributed by atoms with Crippen molar-refractivity contribution in [1.82, 2.24) is 9.13 Å². The molecule has 3 aliphatic rings. The fourth-order valence-electron chi connectivity index (χ4n) is 19.2. The van der Waals surface area contributed by atoms with E-state index in [9.17, 15) is 0 Å². The second-order valence-corrected chi connectivity index (χ2v) is 31.6. The van der Waals surface area contributed by atoms with Gasteiger partial charge in [-0.2, -0.15) is 0 Å². The fourth-order valence-corrected chi connectivity index (χ4v) is 19.2. The molecule has 16 aromatic carbocycles. The van der Waals surface area contributed by atoms with Crippen molar-refractivity contribution in [3.63, 3.8) is 0 Å². The number of hydrogen-bond acceptors (Lipinski definition) is 2. The van der Waals surface area contributed by atoms with Gasteiger partial charge in [-0.25, -0.2) is 0 Å². The first-order valence-corrected chi connectivity index (χ1v) is 38.3.